The van der Waals surface area contributed by atoms with Crippen LogP contribution in [0.25, 0.3) is 0 Å². The van der Waals surface area contributed by atoms with Gasteiger partial charge in [0, 0.05) is 6.54 Å². The number of sulfonamides is 1. The van der Waals surface area contributed by atoms with Gasteiger partial charge in [0.2, 0.25) is 10.0 Å². The number of hydrogen-bond acceptors (Lipinski definition) is 5. The average Bonchev–Trinajstić information content (AvgIpc) is 2.97. The highest BCUT2D eigenvalue weighted by Crippen LogP contribution is 2.30. The molecule has 1 aromatic heterocycles. The van der Waals surface area contributed by atoms with Crippen molar-refractivity contribution in [2.45, 2.75) is 37.5 Å². The minimum absolute atomic E-state index is 0.211. The molecule has 1 atom stereocenters. The van der Waals surface area contributed by atoms with Crippen molar-refractivity contribution in [3.8, 4) is 6.01 Å². The van der Waals surface area contributed by atoms with Crippen molar-refractivity contribution in [1.82, 2.24) is 19.5 Å². The maximum atomic E-state index is 12.8. The van der Waals surface area contributed by atoms with E-state index in [0.717, 1.165) is 18.2 Å². The molecule has 0 aliphatic carbocycles. The van der Waals surface area contributed by atoms with Gasteiger partial charge in [-0.1, -0.05) is 11.2 Å². The molecule has 138 valence electrons. The summed E-state index contributed by atoms with van der Waals surface area (Å²) in [6.07, 6.45) is -4.63. The van der Waals surface area contributed by atoms with E-state index in [2.05, 4.69) is 14.9 Å². The molecule has 0 amide bonds. The van der Waals surface area contributed by atoms with Gasteiger partial charge in [0.05, 0.1) is 23.6 Å². The molecule has 0 spiro atoms. The summed E-state index contributed by atoms with van der Waals surface area (Å²) in [7, 11) is -2.78. The highest BCUT2D eigenvalue weighted by molar-refractivity contribution is 7.89. The first-order valence-corrected chi connectivity index (χ1v) is 8.75. The quantitative estimate of drug-likeness (QED) is 0.834. The lowest BCUT2D eigenvalue weighted by Crippen LogP contribution is -2.29. The summed E-state index contributed by atoms with van der Waals surface area (Å²) in [5.74, 6) is 0.287. The second kappa shape index (κ2) is 7.00. The summed E-state index contributed by atoms with van der Waals surface area (Å²) < 4.78 is 72.0. The van der Waals surface area contributed by atoms with Gasteiger partial charge >= 0.3 is 12.2 Å². The second-order valence-corrected chi connectivity index (χ2v) is 6.87. The zero-order valence-corrected chi connectivity index (χ0v) is 14.5. The number of aromatic nitrogens is 3. The average molecular weight is 378 g/mol. The Morgan fingerprint density at radius 1 is 1.32 bits per heavy atom. The van der Waals surface area contributed by atoms with Crippen molar-refractivity contribution in [2.24, 2.45) is 0 Å². The van der Waals surface area contributed by atoms with Crippen LogP contribution in [0.15, 0.2) is 29.2 Å². The SMILES string of the molecule is CCn1c(OC)nnc1[C@@H](C)NS(=O)(=O)c1cccc(C(F)(F)F)c1. The lowest BCUT2D eigenvalue weighted by Gasteiger charge is -2.15. The standard InChI is InChI=1S/C14H17F3N4O3S/c1-4-21-12(18-19-13(21)24-3)9(2)20-25(22,23)11-7-5-6-10(8-11)14(15,16)17/h5-9,20H,4H2,1-3H3/t9-/m1/s1. The van der Waals surface area contributed by atoms with Crippen molar-refractivity contribution in [1.29, 1.82) is 0 Å². The van der Waals surface area contributed by atoms with E-state index in [-0.39, 0.29) is 11.8 Å². The highest BCUT2D eigenvalue weighted by Gasteiger charge is 2.32. The Morgan fingerprint density at radius 3 is 2.56 bits per heavy atom. The van der Waals surface area contributed by atoms with Crippen LogP contribution in [0.3, 0.4) is 0 Å². The van der Waals surface area contributed by atoms with Crippen LogP contribution in [0.4, 0.5) is 13.2 Å². The van der Waals surface area contributed by atoms with Gasteiger partial charge in [0.1, 0.15) is 0 Å². The van der Waals surface area contributed by atoms with Crippen molar-refractivity contribution in [3.05, 3.63) is 35.7 Å². The number of hydrogen-bond donors (Lipinski definition) is 1. The monoisotopic (exact) mass is 378 g/mol. The summed E-state index contributed by atoms with van der Waals surface area (Å²) in [6.45, 7) is 3.74. The van der Waals surface area contributed by atoms with E-state index < -0.39 is 32.7 Å². The molecule has 0 aliphatic rings. The second-order valence-electron chi connectivity index (χ2n) is 5.16. The molecule has 11 heteroatoms. The van der Waals surface area contributed by atoms with Gasteiger partial charge in [-0.2, -0.15) is 13.2 Å². The number of rotatable bonds is 6. The first-order valence-electron chi connectivity index (χ1n) is 7.26. The maximum absolute atomic E-state index is 12.8. The van der Waals surface area contributed by atoms with Crippen LogP contribution < -0.4 is 9.46 Å². The van der Waals surface area contributed by atoms with Crippen LogP contribution in [0.2, 0.25) is 0 Å². The summed E-state index contributed by atoms with van der Waals surface area (Å²) in [4.78, 5) is -0.483. The van der Waals surface area contributed by atoms with E-state index in [9.17, 15) is 21.6 Å². The molecular weight excluding hydrogens is 361 g/mol. The number of nitrogens with zero attached hydrogens (tertiary/aromatic N) is 3. The number of ether oxygens (including phenoxy) is 1. The lowest BCUT2D eigenvalue weighted by molar-refractivity contribution is -0.137. The van der Waals surface area contributed by atoms with E-state index >= 15 is 0 Å². The number of nitrogens with one attached hydrogen (secondary N) is 1. The fourth-order valence-electron chi connectivity index (χ4n) is 2.26. The molecule has 2 aromatic rings. The molecular formula is C14H17F3N4O3S. The Bertz CT molecular complexity index is 849. The first-order chi connectivity index (χ1) is 11.6. The molecule has 0 unspecified atom stereocenters. The molecule has 1 heterocycles. The third-order valence-electron chi connectivity index (χ3n) is 3.44. The van der Waals surface area contributed by atoms with Crippen molar-refractivity contribution in [3.63, 3.8) is 0 Å². The number of halogens is 3. The molecule has 1 aromatic carbocycles. The van der Waals surface area contributed by atoms with Gasteiger partial charge in [-0.15, -0.1) is 5.10 Å². The van der Waals surface area contributed by atoms with Gasteiger partial charge < -0.3 is 4.74 Å². The zero-order valence-electron chi connectivity index (χ0n) is 13.7. The van der Waals surface area contributed by atoms with Crippen LogP contribution in [0, 0.1) is 0 Å². The van der Waals surface area contributed by atoms with Crippen molar-refractivity contribution in [2.75, 3.05) is 7.11 Å². The first kappa shape index (κ1) is 19.2. The van der Waals surface area contributed by atoms with E-state index in [1.165, 1.54) is 14.0 Å². The summed E-state index contributed by atoms with van der Waals surface area (Å²) in [5, 5.41) is 7.66. The van der Waals surface area contributed by atoms with Gasteiger partial charge in [-0.3, -0.25) is 4.57 Å². The van der Waals surface area contributed by atoms with Gasteiger partial charge in [-0.05, 0) is 32.0 Å². The maximum Gasteiger partial charge on any atom is 0.416 e. The molecule has 7 nitrogen and oxygen atoms in total. The number of benzene rings is 1. The summed E-state index contributed by atoms with van der Waals surface area (Å²) >= 11 is 0. The van der Waals surface area contributed by atoms with Crippen molar-refractivity contribution >= 4 is 10.0 Å². The molecule has 2 rings (SSSR count). The minimum atomic E-state index is -4.63. The number of methoxy groups -OCH3 is 1. The normalized spacial score (nSPS) is 13.7. The van der Waals surface area contributed by atoms with E-state index in [1.54, 1.807) is 11.5 Å². The van der Waals surface area contributed by atoms with Crippen molar-refractivity contribution < 1.29 is 26.3 Å². The van der Waals surface area contributed by atoms with Crippen LogP contribution in [-0.2, 0) is 22.7 Å². The van der Waals surface area contributed by atoms with E-state index in [4.69, 9.17) is 4.74 Å². The predicted octanol–water partition coefficient (Wildman–Crippen LogP) is 2.36. The van der Waals surface area contributed by atoms with Crippen LogP contribution in [-0.4, -0.2) is 30.3 Å². The fourth-order valence-corrected chi connectivity index (χ4v) is 3.51. The Kier molecular flexibility index (Phi) is 5.37. The molecule has 1 N–H and O–H groups in total. The summed E-state index contributed by atoms with van der Waals surface area (Å²) in [5.41, 5.74) is -1.04. The van der Waals surface area contributed by atoms with Gasteiger partial charge in [-0.25, -0.2) is 13.1 Å². The Labute approximate surface area is 142 Å². The smallest absolute Gasteiger partial charge is 0.416 e. The highest BCUT2D eigenvalue weighted by atomic mass is 32.2. The fraction of sp³-hybridized carbons (Fsp3) is 0.429. The number of alkyl halides is 3. The van der Waals surface area contributed by atoms with Crippen LogP contribution in [0.1, 0.15) is 31.3 Å². The molecule has 0 aliphatic heterocycles. The Morgan fingerprint density at radius 2 is 2.00 bits per heavy atom. The van der Waals surface area contributed by atoms with E-state index in [0.29, 0.717) is 12.6 Å². The van der Waals surface area contributed by atoms with Crippen LogP contribution >= 0.6 is 0 Å². The third-order valence-corrected chi connectivity index (χ3v) is 4.97. The zero-order chi connectivity index (χ0) is 18.8. The molecule has 0 radical (unpaired) electrons. The molecule has 0 fully saturated rings. The Hall–Kier alpha value is -2.14. The summed E-state index contributed by atoms with van der Waals surface area (Å²) in [6, 6.07) is 2.91. The molecule has 0 saturated heterocycles. The predicted molar refractivity (Wildman–Crippen MR) is 82.4 cm³/mol. The molecule has 25 heavy (non-hydrogen) atoms. The van der Waals surface area contributed by atoms with Gasteiger partial charge in [0.15, 0.2) is 5.82 Å². The van der Waals surface area contributed by atoms with Gasteiger partial charge in [0.25, 0.3) is 0 Å². The Balaban J connectivity index is 2.31. The third kappa shape index (κ3) is 4.10. The molecule has 0 saturated carbocycles. The van der Waals surface area contributed by atoms with E-state index in [1.807, 2.05) is 0 Å². The molecule has 0 bridgehead atoms. The topological polar surface area (TPSA) is 86.1 Å². The minimum Gasteiger partial charge on any atom is -0.467 e. The largest absolute Gasteiger partial charge is 0.467 e. The van der Waals surface area contributed by atoms with Crippen LogP contribution in [0.5, 0.6) is 6.01 Å². The lowest BCUT2D eigenvalue weighted by atomic mass is 10.2.